The third-order valence-electron chi connectivity index (χ3n) is 5.18. The van der Waals surface area contributed by atoms with Crippen LogP contribution in [0.25, 0.3) is 0 Å². The number of aryl methyl sites for hydroxylation is 1. The number of halogens is 2. The minimum atomic E-state index is 0.0339. The summed E-state index contributed by atoms with van der Waals surface area (Å²) in [7, 11) is 3.93. The van der Waals surface area contributed by atoms with E-state index in [0.29, 0.717) is 22.5 Å². The fourth-order valence-corrected chi connectivity index (χ4v) is 3.83. The van der Waals surface area contributed by atoms with E-state index in [9.17, 15) is 4.79 Å². The Morgan fingerprint density at radius 2 is 1.83 bits per heavy atom. The summed E-state index contributed by atoms with van der Waals surface area (Å²) < 4.78 is 0. The highest BCUT2D eigenvalue weighted by molar-refractivity contribution is 6.42. The van der Waals surface area contributed by atoms with E-state index >= 15 is 0 Å². The summed E-state index contributed by atoms with van der Waals surface area (Å²) >= 11 is 12.0. The highest BCUT2D eigenvalue weighted by Gasteiger charge is 2.26. The van der Waals surface area contributed by atoms with E-state index in [1.807, 2.05) is 38.1 Å². The van der Waals surface area contributed by atoms with Crippen LogP contribution < -0.4 is 15.5 Å². The fourth-order valence-electron chi connectivity index (χ4n) is 3.51. The minimum absolute atomic E-state index is 0.0339. The molecular formula is C21H27Cl2N5O. The molecule has 0 radical (unpaired) electrons. The van der Waals surface area contributed by atoms with Crippen LogP contribution in [0.1, 0.15) is 36.9 Å². The van der Waals surface area contributed by atoms with Crippen molar-refractivity contribution in [2.75, 3.05) is 24.3 Å². The third-order valence-corrected chi connectivity index (χ3v) is 5.92. The van der Waals surface area contributed by atoms with Gasteiger partial charge in [-0.15, -0.1) is 0 Å². The second-order valence-corrected chi connectivity index (χ2v) is 8.56. The van der Waals surface area contributed by atoms with Crippen LogP contribution in [0, 0.1) is 12.8 Å². The first kappa shape index (κ1) is 21.7. The normalized spacial score (nSPS) is 18.9. The molecule has 1 amide bonds. The predicted octanol–water partition coefficient (Wildman–Crippen LogP) is 4.44. The van der Waals surface area contributed by atoms with Crippen LogP contribution in [-0.4, -0.2) is 36.0 Å². The first-order chi connectivity index (χ1) is 13.8. The quantitative estimate of drug-likeness (QED) is 0.701. The molecule has 1 saturated carbocycles. The molecule has 0 saturated heterocycles. The fraction of sp³-hybridized carbons (Fsp3) is 0.476. The number of amides is 1. The van der Waals surface area contributed by atoms with Crippen molar-refractivity contribution in [2.24, 2.45) is 5.92 Å². The van der Waals surface area contributed by atoms with E-state index in [0.717, 1.165) is 42.8 Å². The molecule has 2 N–H and O–H groups in total. The number of aromatic nitrogens is 2. The van der Waals surface area contributed by atoms with Gasteiger partial charge in [0.25, 0.3) is 0 Å². The van der Waals surface area contributed by atoms with E-state index in [1.165, 1.54) is 0 Å². The van der Waals surface area contributed by atoms with Crippen LogP contribution in [0.3, 0.4) is 0 Å². The first-order valence-corrected chi connectivity index (χ1v) is 10.6. The summed E-state index contributed by atoms with van der Waals surface area (Å²) in [5.41, 5.74) is 1.87. The number of hydrogen-bond acceptors (Lipinski definition) is 5. The molecule has 1 fully saturated rings. The van der Waals surface area contributed by atoms with Gasteiger partial charge < -0.3 is 15.5 Å². The zero-order valence-corrected chi connectivity index (χ0v) is 18.5. The van der Waals surface area contributed by atoms with Gasteiger partial charge in [0.1, 0.15) is 5.82 Å². The second kappa shape index (κ2) is 9.63. The number of anilines is 2. The van der Waals surface area contributed by atoms with E-state index < -0.39 is 0 Å². The largest absolute Gasteiger partial charge is 0.363 e. The number of benzene rings is 1. The van der Waals surface area contributed by atoms with Crippen molar-refractivity contribution in [3.63, 3.8) is 0 Å². The van der Waals surface area contributed by atoms with Crippen molar-refractivity contribution in [1.29, 1.82) is 0 Å². The van der Waals surface area contributed by atoms with Crippen molar-refractivity contribution in [1.82, 2.24) is 15.3 Å². The highest BCUT2D eigenvalue weighted by Crippen LogP contribution is 2.27. The molecule has 3 rings (SSSR count). The van der Waals surface area contributed by atoms with Gasteiger partial charge in [0, 0.05) is 44.4 Å². The van der Waals surface area contributed by atoms with Crippen molar-refractivity contribution >= 4 is 40.9 Å². The Morgan fingerprint density at radius 3 is 2.48 bits per heavy atom. The van der Waals surface area contributed by atoms with Gasteiger partial charge in [0.2, 0.25) is 11.9 Å². The van der Waals surface area contributed by atoms with Crippen molar-refractivity contribution in [3.8, 4) is 0 Å². The lowest BCUT2D eigenvalue weighted by Gasteiger charge is -2.28. The monoisotopic (exact) mass is 435 g/mol. The number of hydrogen-bond donors (Lipinski definition) is 2. The van der Waals surface area contributed by atoms with Gasteiger partial charge in [0.15, 0.2) is 0 Å². The molecule has 1 aromatic heterocycles. The summed E-state index contributed by atoms with van der Waals surface area (Å²) in [6.07, 6.45) is 3.52. The van der Waals surface area contributed by atoms with Crippen LogP contribution in [-0.2, 0) is 11.3 Å². The van der Waals surface area contributed by atoms with Crippen LogP contribution in [0.15, 0.2) is 24.3 Å². The van der Waals surface area contributed by atoms with Crippen molar-refractivity contribution in [3.05, 3.63) is 45.6 Å². The number of carbonyl (C=O) groups excluding carboxylic acids is 1. The zero-order valence-electron chi connectivity index (χ0n) is 17.0. The molecule has 8 heteroatoms. The Kier molecular flexibility index (Phi) is 7.19. The standard InChI is InChI=1S/C21H27Cl2N5O/c1-13-10-19(28(2)3)27-21(25-13)26-16-7-5-15(6-8-16)20(29)24-12-14-4-9-17(22)18(23)11-14/h4,9-11,15-16H,5-8,12H2,1-3H3,(H,24,29)(H,25,26,27)/t15-,16+. The smallest absolute Gasteiger partial charge is 0.225 e. The Balaban J connectivity index is 1.48. The van der Waals surface area contributed by atoms with Crippen LogP contribution in [0.5, 0.6) is 0 Å². The average Bonchev–Trinajstić information content (AvgIpc) is 2.68. The lowest BCUT2D eigenvalue weighted by Crippen LogP contribution is -2.36. The summed E-state index contributed by atoms with van der Waals surface area (Å²) in [5, 5.41) is 7.47. The molecule has 1 heterocycles. The Hall–Kier alpha value is -2.05. The molecule has 0 atom stereocenters. The maximum absolute atomic E-state index is 12.5. The molecular weight excluding hydrogens is 409 g/mol. The van der Waals surface area contributed by atoms with Gasteiger partial charge in [0.05, 0.1) is 10.0 Å². The van der Waals surface area contributed by atoms with Gasteiger partial charge >= 0.3 is 0 Å². The summed E-state index contributed by atoms with van der Waals surface area (Å²) in [4.78, 5) is 23.6. The topological polar surface area (TPSA) is 70.2 Å². The number of carbonyl (C=O) groups is 1. The van der Waals surface area contributed by atoms with Crippen LogP contribution in [0.4, 0.5) is 11.8 Å². The molecule has 0 spiro atoms. The highest BCUT2D eigenvalue weighted by atomic mass is 35.5. The second-order valence-electron chi connectivity index (χ2n) is 7.74. The van der Waals surface area contributed by atoms with E-state index in [2.05, 4.69) is 20.6 Å². The predicted molar refractivity (Wildman–Crippen MR) is 119 cm³/mol. The molecule has 0 unspecified atom stereocenters. The molecule has 1 aliphatic rings. The number of rotatable bonds is 6. The molecule has 29 heavy (non-hydrogen) atoms. The van der Waals surface area contributed by atoms with E-state index in [-0.39, 0.29) is 17.9 Å². The van der Waals surface area contributed by atoms with Crippen LogP contribution in [0.2, 0.25) is 10.0 Å². The lowest BCUT2D eigenvalue weighted by molar-refractivity contribution is -0.126. The molecule has 156 valence electrons. The van der Waals surface area contributed by atoms with E-state index in [1.54, 1.807) is 12.1 Å². The SMILES string of the molecule is Cc1cc(N(C)C)nc(N[C@H]2CC[C@@H](C(=O)NCc3ccc(Cl)c(Cl)c3)CC2)n1. The minimum Gasteiger partial charge on any atom is -0.363 e. The molecule has 1 aromatic carbocycles. The van der Waals surface area contributed by atoms with Gasteiger partial charge in [-0.3, -0.25) is 4.79 Å². The average molecular weight is 436 g/mol. The van der Waals surface area contributed by atoms with Gasteiger partial charge in [-0.2, -0.15) is 4.98 Å². The first-order valence-electron chi connectivity index (χ1n) is 9.83. The molecule has 2 aromatic rings. The van der Waals surface area contributed by atoms with Gasteiger partial charge in [-0.05, 0) is 50.3 Å². The summed E-state index contributed by atoms with van der Waals surface area (Å²) in [6, 6.07) is 7.65. The van der Waals surface area contributed by atoms with Gasteiger partial charge in [-0.1, -0.05) is 29.3 Å². The summed E-state index contributed by atoms with van der Waals surface area (Å²) in [6.45, 7) is 2.42. The maximum Gasteiger partial charge on any atom is 0.225 e. The Bertz CT molecular complexity index is 866. The molecule has 6 nitrogen and oxygen atoms in total. The molecule has 0 aliphatic heterocycles. The lowest BCUT2D eigenvalue weighted by atomic mass is 9.85. The summed E-state index contributed by atoms with van der Waals surface area (Å²) in [5.74, 6) is 1.67. The third kappa shape index (κ3) is 5.97. The van der Waals surface area contributed by atoms with Crippen LogP contribution >= 0.6 is 23.2 Å². The van der Waals surface area contributed by atoms with Gasteiger partial charge in [-0.25, -0.2) is 4.98 Å². The zero-order chi connectivity index (χ0) is 21.0. The van der Waals surface area contributed by atoms with Crippen molar-refractivity contribution in [2.45, 2.75) is 45.2 Å². The molecule has 0 bridgehead atoms. The Morgan fingerprint density at radius 1 is 1.10 bits per heavy atom. The van der Waals surface area contributed by atoms with Crippen molar-refractivity contribution < 1.29 is 4.79 Å². The molecule has 1 aliphatic carbocycles. The number of nitrogens with zero attached hydrogens (tertiary/aromatic N) is 3. The maximum atomic E-state index is 12.5. The van der Waals surface area contributed by atoms with E-state index in [4.69, 9.17) is 23.2 Å². The number of nitrogens with one attached hydrogen (secondary N) is 2. The Labute approximate surface area is 182 Å².